The second kappa shape index (κ2) is 6.10. The number of thiocarbonyl (C=S) groups is 1. The molecule has 1 amide bonds. The molecule has 0 bridgehead atoms. The van der Waals surface area contributed by atoms with Crippen LogP contribution in [-0.2, 0) is 11.8 Å². The van der Waals surface area contributed by atoms with Crippen LogP contribution in [0.25, 0.3) is 6.08 Å². The van der Waals surface area contributed by atoms with Crippen LogP contribution in [0.15, 0.2) is 53.6 Å². The van der Waals surface area contributed by atoms with E-state index in [0.717, 1.165) is 11.3 Å². The third kappa shape index (κ3) is 2.74. The van der Waals surface area contributed by atoms with Crippen LogP contribution >= 0.6 is 24.0 Å². The highest BCUT2D eigenvalue weighted by molar-refractivity contribution is 8.26. The number of amides is 1. The second-order valence-electron chi connectivity index (χ2n) is 5.18. The van der Waals surface area contributed by atoms with Crippen molar-refractivity contribution in [1.82, 2.24) is 9.47 Å². The van der Waals surface area contributed by atoms with Gasteiger partial charge < -0.3 is 4.57 Å². The first kappa shape index (κ1) is 15.1. The van der Waals surface area contributed by atoms with E-state index >= 15 is 0 Å². The summed E-state index contributed by atoms with van der Waals surface area (Å²) in [7, 11) is 1.96. The predicted molar refractivity (Wildman–Crippen MR) is 95.3 cm³/mol. The zero-order valence-electron chi connectivity index (χ0n) is 12.4. The lowest BCUT2D eigenvalue weighted by atomic mass is 10.1. The minimum absolute atomic E-state index is 0.0208. The highest BCUT2D eigenvalue weighted by atomic mass is 32.2. The number of aryl methyl sites for hydroxylation is 1. The maximum atomic E-state index is 12.7. The Hall–Kier alpha value is -1.85. The van der Waals surface area contributed by atoms with Gasteiger partial charge in [0.1, 0.15) is 4.32 Å². The molecule has 0 radical (unpaired) electrons. The van der Waals surface area contributed by atoms with Crippen LogP contribution in [-0.4, -0.2) is 19.7 Å². The Morgan fingerprint density at radius 3 is 2.55 bits per heavy atom. The molecule has 1 aromatic carbocycles. The van der Waals surface area contributed by atoms with Crippen LogP contribution < -0.4 is 0 Å². The monoisotopic (exact) mass is 328 g/mol. The van der Waals surface area contributed by atoms with E-state index in [0.29, 0.717) is 9.23 Å². The number of nitrogens with zero attached hydrogens (tertiary/aromatic N) is 2. The number of aromatic nitrogens is 1. The number of benzene rings is 1. The van der Waals surface area contributed by atoms with Gasteiger partial charge in [-0.15, -0.1) is 0 Å². The minimum Gasteiger partial charge on any atom is -0.351 e. The van der Waals surface area contributed by atoms with Gasteiger partial charge in [-0.2, -0.15) is 0 Å². The Balaban J connectivity index is 1.89. The number of thioether (sulfide) groups is 1. The van der Waals surface area contributed by atoms with Crippen molar-refractivity contribution in [2.45, 2.75) is 13.0 Å². The first-order valence-corrected chi connectivity index (χ1v) is 8.24. The Morgan fingerprint density at radius 2 is 1.91 bits per heavy atom. The lowest BCUT2D eigenvalue weighted by molar-refractivity contribution is -0.123. The highest BCUT2D eigenvalue weighted by Crippen LogP contribution is 2.37. The van der Waals surface area contributed by atoms with Gasteiger partial charge in [-0.1, -0.05) is 54.3 Å². The molecule has 2 aromatic rings. The third-order valence-corrected chi connectivity index (χ3v) is 5.09. The zero-order valence-corrected chi connectivity index (χ0v) is 14.0. The van der Waals surface area contributed by atoms with E-state index in [1.807, 2.05) is 73.3 Å². The average Bonchev–Trinajstić information content (AvgIpc) is 3.04. The third-order valence-electron chi connectivity index (χ3n) is 3.76. The number of rotatable bonds is 3. The van der Waals surface area contributed by atoms with Crippen molar-refractivity contribution in [3.05, 3.63) is 64.8 Å². The zero-order chi connectivity index (χ0) is 15.7. The fourth-order valence-corrected chi connectivity index (χ4v) is 3.86. The van der Waals surface area contributed by atoms with Gasteiger partial charge in [0, 0.05) is 18.9 Å². The molecule has 112 valence electrons. The van der Waals surface area contributed by atoms with Crippen molar-refractivity contribution in [3.63, 3.8) is 0 Å². The topological polar surface area (TPSA) is 25.2 Å². The van der Waals surface area contributed by atoms with Crippen LogP contribution in [0.5, 0.6) is 0 Å². The molecule has 2 heterocycles. The molecule has 22 heavy (non-hydrogen) atoms. The molecule has 0 aliphatic carbocycles. The summed E-state index contributed by atoms with van der Waals surface area (Å²) in [6, 6.07) is 13.8. The lowest BCUT2D eigenvalue weighted by Gasteiger charge is -2.23. The molecule has 0 saturated carbocycles. The molecular weight excluding hydrogens is 312 g/mol. The lowest BCUT2D eigenvalue weighted by Crippen LogP contribution is -2.30. The number of hydrogen-bond donors (Lipinski definition) is 0. The summed E-state index contributed by atoms with van der Waals surface area (Å²) in [4.78, 5) is 15.1. The van der Waals surface area contributed by atoms with Gasteiger partial charge in [-0.25, -0.2) is 0 Å². The van der Waals surface area contributed by atoms with Gasteiger partial charge >= 0.3 is 0 Å². The first-order valence-electron chi connectivity index (χ1n) is 7.01. The molecule has 0 N–H and O–H groups in total. The summed E-state index contributed by atoms with van der Waals surface area (Å²) in [5.74, 6) is -0.0208. The Morgan fingerprint density at radius 1 is 1.18 bits per heavy atom. The van der Waals surface area contributed by atoms with E-state index in [9.17, 15) is 4.79 Å². The second-order valence-corrected chi connectivity index (χ2v) is 6.86. The molecule has 1 aromatic heterocycles. The first-order chi connectivity index (χ1) is 10.6. The van der Waals surface area contributed by atoms with Crippen LogP contribution in [0.3, 0.4) is 0 Å². The molecule has 1 aliphatic heterocycles. The predicted octanol–water partition coefficient (Wildman–Crippen LogP) is 3.99. The smallest absolute Gasteiger partial charge is 0.266 e. The summed E-state index contributed by atoms with van der Waals surface area (Å²) in [6.07, 6.45) is 3.86. The van der Waals surface area contributed by atoms with Gasteiger partial charge in [0.2, 0.25) is 0 Å². The van der Waals surface area contributed by atoms with Crippen molar-refractivity contribution in [3.8, 4) is 0 Å². The van der Waals surface area contributed by atoms with Crippen LogP contribution in [0.1, 0.15) is 24.2 Å². The molecule has 5 heteroatoms. The summed E-state index contributed by atoms with van der Waals surface area (Å²) >= 11 is 6.79. The van der Waals surface area contributed by atoms with Crippen LogP contribution in [0, 0.1) is 0 Å². The van der Waals surface area contributed by atoms with E-state index in [1.165, 1.54) is 11.8 Å². The van der Waals surface area contributed by atoms with Gasteiger partial charge in [-0.3, -0.25) is 9.69 Å². The van der Waals surface area contributed by atoms with Crippen molar-refractivity contribution in [2.24, 2.45) is 7.05 Å². The molecule has 1 unspecified atom stereocenters. The number of carbonyl (C=O) groups is 1. The largest absolute Gasteiger partial charge is 0.351 e. The van der Waals surface area contributed by atoms with E-state index < -0.39 is 0 Å². The summed E-state index contributed by atoms with van der Waals surface area (Å²) in [6.45, 7) is 2.01. The van der Waals surface area contributed by atoms with Gasteiger partial charge in [0.15, 0.2) is 0 Å². The number of carbonyl (C=O) groups excluding carboxylic acids is 1. The minimum atomic E-state index is -0.0620. The quantitative estimate of drug-likeness (QED) is 0.629. The average molecular weight is 328 g/mol. The summed E-state index contributed by atoms with van der Waals surface area (Å²) < 4.78 is 2.59. The highest BCUT2D eigenvalue weighted by Gasteiger charge is 2.35. The maximum Gasteiger partial charge on any atom is 0.266 e. The molecule has 1 aliphatic rings. The summed E-state index contributed by atoms with van der Waals surface area (Å²) in [5.41, 5.74) is 2.08. The molecule has 0 spiro atoms. The molecule has 3 nitrogen and oxygen atoms in total. The van der Waals surface area contributed by atoms with Crippen LogP contribution in [0.2, 0.25) is 0 Å². The summed E-state index contributed by atoms with van der Waals surface area (Å²) in [5, 5.41) is 0. The molecular formula is C17H16N2OS2. The van der Waals surface area contributed by atoms with Crippen molar-refractivity contribution < 1.29 is 4.79 Å². The number of hydrogen-bond acceptors (Lipinski definition) is 3. The van der Waals surface area contributed by atoms with Crippen molar-refractivity contribution >= 4 is 40.3 Å². The molecule has 3 rings (SSSR count). The Labute approximate surface area is 139 Å². The van der Waals surface area contributed by atoms with Crippen molar-refractivity contribution in [1.29, 1.82) is 0 Å². The van der Waals surface area contributed by atoms with E-state index in [4.69, 9.17) is 12.2 Å². The Kier molecular flexibility index (Phi) is 4.18. The normalized spacial score (nSPS) is 18.3. The van der Waals surface area contributed by atoms with E-state index in [-0.39, 0.29) is 11.9 Å². The fourth-order valence-electron chi connectivity index (χ4n) is 2.45. The van der Waals surface area contributed by atoms with Gasteiger partial charge in [-0.05, 0) is 30.7 Å². The SMILES string of the molecule is CC(c1ccccc1)N1C(=O)/C(=C\c2cccn2C)SC1=S. The van der Waals surface area contributed by atoms with E-state index in [2.05, 4.69) is 0 Å². The Bertz CT molecular complexity index is 749. The maximum absolute atomic E-state index is 12.7. The molecule has 1 saturated heterocycles. The van der Waals surface area contributed by atoms with Crippen molar-refractivity contribution in [2.75, 3.05) is 0 Å². The standard InChI is InChI=1S/C17H16N2OS2/c1-12(13-7-4-3-5-8-13)19-16(20)15(22-17(19)21)11-14-9-6-10-18(14)2/h3-12H,1-2H3/b15-11+. The van der Waals surface area contributed by atoms with Gasteiger partial charge in [0.25, 0.3) is 5.91 Å². The van der Waals surface area contributed by atoms with Gasteiger partial charge in [0.05, 0.1) is 10.9 Å². The fraction of sp³-hybridized carbons (Fsp3) is 0.176. The van der Waals surface area contributed by atoms with E-state index in [1.54, 1.807) is 4.90 Å². The molecule has 1 atom stereocenters. The van der Waals surface area contributed by atoms with Crippen LogP contribution in [0.4, 0.5) is 0 Å². The molecule has 1 fully saturated rings.